The van der Waals surface area contributed by atoms with Crippen LogP contribution in [0.1, 0.15) is 18.9 Å². The first-order valence-corrected chi connectivity index (χ1v) is 5.15. The van der Waals surface area contributed by atoms with Gasteiger partial charge in [0, 0.05) is 19.3 Å². The van der Waals surface area contributed by atoms with Crippen LogP contribution in [0.3, 0.4) is 0 Å². The van der Waals surface area contributed by atoms with E-state index in [9.17, 15) is 0 Å². The fraction of sp³-hybridized carbons (Fsp3) is 0.545. The van der Waals surface area contributed by atoms with E-state index in [2.05, 4.69) is 9.88 Å². The van der Waals surface area contributed by atoms with Crippen molar-refractivity contribution < 1.29 is 5.11 Å². The Labute approximate surface area is 90.7 Å². The maximum Gasteiger partial charge on any atom is 0.123 e. The van der Waals surface area contributed by atoms with Gasteiger partial charge < -0.3 is 15.7 Å². The van der Waals surface area contributed by atoms with Crippen LogP contribution < -0.4 is 5.73 Å². The Kier molecular flexibility index (Phi) is 4.52. The standard InChI is InChI=1S/C11H19N3O/c1-9(15)4-6-14(2)8-10-3-5-13-11(12)7-10/h3,5,7,9,15H,4,6,8H2,1-2H3,(H2,12,13). The number of rotatable bonds is 5. The van der Waals surface area contributed by atoms with Crippen molar-refractivity contribution in [2.75, 3.05) is 19.3 Å². The van der Waals surface area contributed by atoms with Crippen LogP contribution in [0.25, 0.3) is 0 Å². The second-order valence-corrected chi connectivity index (χ2v) is 3.96. The molecule has 0 bridgehead atoms. The van der Waals surface area contributed by atoms with Gasteiger partial charge in [0.25, 0.3) is 0 Å². The first-order valence-electron chi connectivity index (χ1n) is 5.15. The zero-order valence-corrected chi connectivity index (χ0v) is 9.35. The molecule has 0 aromatic carbocycles. The van der Waals surface area contributed by atoms with Crippen molar-refractivity contribution in [3.8, 4) is 0 Å². The van der Waals surface area contributed by atoms with E-state index in [-0.39, 0.29) is 6.10 Å². The summed E-state index contributed by atoms with van der Waals surface area (Å²) in [5, 5.41) is 9.15. The molecule has 0 amide bonds. The van der Waals surface area contributed by atoms with E-state index in [1.807, 2.05) is 19.2 Å². The molecule has 1 atom stereocenters. The van der Waals surface area contributed by atoms with Gasteiger partial charge in [-0.1, -0.05) is 0 Å². The molecule has 1 unspecified atom stereocenters. The van der Waals surface area contributed by atoms with Crippen LogP contribution in [-0.4, -0.2) is 34.7 Å². The molecule has 0 saturated heterocycles. The summed E-state index contributed by atoms with van der Waals surface area (Å²) >= 11 is 0. The van der Waals surface area contributed by atoms with Crippen LogP contribution >= 0.6 is 0 Å². The molecule has 0 saturated carbocycles. The van der Waals surface area contributed by atoms with Crippen LogP contribution in [-0.2, 0) is 6.54 Å². The molecule has 0 fully saturated rings. The molecule has 1 aromatic rings. The molecule has 0 aliphatic rings. The van der Waals surface area contributed by atoms with Crippen molar-refractivity contribution in [1.82, 2.24) is 9.88 Å². The number of nitrogen functional groups attached to an aromatic ring is 1. The second kappa shape index (κ2) is 5.68. The van der Waals surface area contributed by atoms with Gasteiger partial charge in [0.2, 0.25) is 0 Å². The minimum absolute atomic E-state index is 0.241. The number of hydrogen-bond acceptors (Lipinski definition) is 4. The van der Waals surface area contributed by atoms with E-state index in [1.54, 1.807) is 13.1 Å². The molecule has 84 valence electrons. The molecular weight excluding hydrogens is 190 g/mol. The molecule has 1 rings (SSSR count). The number of anilines is 1. The zero-order chi connectivity index (χ0) is 11.3. The van der Waals surface area contributed by atoms with Crippen LogP contribution in [0.15, 0.2) is 18.3 Å². The molecule has 0 aliphatic carbocycles. The first kappa shape index (κ1) is 11.9. The topological polar surface area (TPSA) is 62.4 Å². The monoisotopic (exact) mass is 209 g/mol. The quantitative estimate of drug-likeness (QED) is 0.755. The highest BCUT2D eigenvalue weighted by atomic mass is 16.3. The predicted molar refractivity (Wildman–Crippen MR) is 61.3 cm³/mol. The minimum Gasteiger partial charge on any atom is -0.393 e. The Balaban J connectivity index is 2.40. The largest absolute Gasteiger partial charge is 0.393 e. The Hall–Kier alpha value is -1.13. The summed E-state index contributed by atoms with van der Waals surface area (Å²) in [6.07, 6.45) is 2.26. The van der Waals surface area contributed by atoms with E-state index in [0.717, 1.165) is 25.1 Å². The Morgan fingerprint density at radius 2 is 2.33 bits per heavy atom. The predicted octanol–water partition coefficient (Wildman–Crippen LogP) is 0.866. The lowest BCUT2D eigenvalue weighted by molar-refractivity contribution is 0.163. The van der Waals surface area contributed by atoms with E-state index in [1.165, 1.54) is 0 Å². The highest BCUT2D eigenvalue weighted by molar-refractivity contribution is 5.31. The maximum absolute atomic E-state index is 9.15. The number of aromatic nitrogens is 1. The van der Waals surface area contributed by atoms with Crippen molar-refractivity contribution in [2.45, 2.75) is 26.0 Å². The summed E-state index contributed by atoms with van der Waals surface area (Å²) in [5.41, 5.74) is 6.74. The van der Waals surface area contributed by atoms with Crippen LogP contribution in [0.2, 0.25) is 0 Å². The highest BCUT2D eigenvalue weighted by Gasteiger charge is 2.03. The molecule has 0 spiro atoms. The molecule has 3 N–H and O–H groups in total. The summed E-state index contributed by atoms with van der Waals surface area (Å²) in [4.78, 5) is 6.09. The minimum atomic E-state index is -0.241. The number of nitrogens with zero attached hydrogens (tertiary/aromatic N) is 2. The van der Waals surface area contributed by atoms with E-state index >= 15 is 0 Å². The third kappa shape index (κ3) is 4.76. The third-order valence-electron chi connectivity index (χ3n) is 2.23. The summed E-state index contributed by atoms with van der Waals surface area (Å²) in [6, 6.07) is 3.83. The smallest absolute Gasteiger partial charge is 0.123 e. The van der Waals surface area contributed by atoms with Gasteiger partial charge in [-0.3, -0.25) is 0 Å². The SMILES string of the molecule is CC(O)CCN(C)Cc1ccnc(N)c1. The second-order valence-electron chi connectivity index (χ2n) is 3.96. The number of aliphatic hydroxyl groups excluding tert-OH is 1. The summed E-state index contributed by atoms with van der Waals surface area (Å²) in [7, 11) is 2.03. The van der Waals surface area contributed by atoms with Gasteiger partial charge in [0.05, 0.1) is 6.10 Å². The average Bonchev–Trinajstić information content (AvgIpc) is 2.15. The van der Waals surface area contributed by atoms with Gasteiger partial charge in [-0.2, -0.15) is 0 Å². The third-order valence-corrected chi connectivity index (χ3v) is 2.23. The first-order chi connectivity index (χ1) is 7.08. The summed E-state index contributed by atoms with van der Waals surface area (Å²) in [5.74, 6) is 0.552. The van der Waals surface area contributed by atoms with Gasteiger partial charge in [-0.25, -0.2) is 4.98 Å². The van der Waals surface area contributed by atoms with Crippen molar-refractivity contribution in [3.05, 3.63) is 23.9 Å². The van der Waals surface area contributed by atoms with Crippen LogP contribution in [0.5, 0.6) is 0 Å². The van der Waals surface area contributed by atoms with E-state index in [4.69, 9.17) is 10.8 Å². The number of nitrogens with two attached hydrogens (primary N) is 1. The van der Waals surface area contributed by atoms with Crippen molar-refractivity contribution in [2.24, 2.45) is 0 Å². The van der Waals surface area contributed by atoms with Crippen molar-refractivity contribution in [1.29, 1.82) is 0 Å². The molecular formula is C11H19N3O. The maximum atomic E-state index is 9.15. The van der Waals surface area contributed by atoms with Crippen molar-refractivity contribution in [3.63, 3.8) is 0 Å². The number of aliphatic hydroxyl groups is 1. The van der Waals surface area contributed by atoms with Gasteiger partial charge in [0.15, 0.2) is 0 Å². The highest BCUT2D eigenvalue weighted by Crippen LogP contribution is 2.06. The van der Waals surface area contributed by atoms with Crippen molar-refractivity contribution >= 4 is 5.82 Å². The lowest BCUT2D eigenvalue weighted by Gasteiger charge is -2.17. The number of hydrogen-bond donors (Lipinski definition) is 2. The molecule has 1 aromatic heterocycles. The molecule has 0 radical (unpaired) electrons. The lowest BCUT2D eigenvalue weighted by Crippen LogP contribution is -2.22. The van der Waals surface area contributed by atoms with Gasteiger partial charge >= 0.3 is 0 Å². The Morgan fingerprint density at radius 3 is 2.93 bits per heavy atom. The van der Waals surface area contributed by atoms with Crippen LogP contribution in [0, 0.1) is 0 Å². The van der Waals surface area contributed by atoms with E-state index < -0.39 is 0 Å². The van der Waals surface area contributed by atoms with E-state index in [0.29, 0.717) is 5.82 Å². The average molecular weight is 209 g/mol. The van der Waals surface area contributed by atoms with Gasteiger partial charge in [-0.05, 0) is 38.1 Å². The molecule has 4 nitrogen and oxygen atoms in total. The molecule has 1 heterocycles. The van der Waals surface area contributed by atoms with Gasteiger partial charge in [0.1, 0.15) is 5.82 Å². The fourth-order valence-corrected chi connectivity index (χ4v) is 1.39. The zero-order valence-electron chi connectivity index (χ0n) is 9.35. The normalized spacial score (nSPS) is 13.1. The fourth-order valence-electron chi connectivity index (χ4n) is 1.39. The summed E-state index contributed by atoms with van der Waals surface area (Å²) in [6.45, 7) is 3.51. The van der Waals surface area contributed by atoms with Crippen LogP contribution in [0.4, 0.5) is 5.82 Å². The molecule has 0 aliphatic heterocycles. The summed E-state index contributed by atoms with van der Waals surface area (Å²) < 4.78 is 0. The lowest BCUT2D eigenvalue weighted by atomic mass is 10.2. The van der Waals surface area contributed by atoms with Gasteiger partial charge in [-0.15, -0.1) is 0 Å². The Bertz CT molecular complexity index is 302. The number of pyridine rings is 1. The molecule has 4 heteroatoms. The molecule has 15 heavy (non-hydrogen) atoms. The Morgan fingerprint density at radius 1 is 1.60 bits per heavy atom.